The van der Waals surface area contributed by atoms with Crippen molar-refractivity contribution in [1.29, 1.82) is 0 Å². The van der Waals surface area contributed by atoms with Crippen molar-refractivity contribution in [3.8, 4) is 5.75 Å². The van der Waals surface area contributed by atoms with Crippen molar-refractivity contribution in [2.24, 2.45) is 5.92 Å². The number of piperidine rings is 1. The van der Waals surface area contributed by atoms with Gasteiger partial charge in [-0.25, -0.2) is 0 Å². The highest BCUT2D eigenvalue weighted by atomic mass is 35.5. The Labute approximate surface area is 125 Å². The maximum absolute atomic E-state index is 6.08. The molecule has 4 heteroatoms. The molecule has 1 unspecified atom stereocenters. The summed E-state index contributed by atoms with van der Waals surface area (Å²) < 4.78 is 5.41. The van der Waals surface area contributed by atoms with Crippen LogP contribution in [0.2, 0.25) is 5.02 Å². The molecule has 0 aliphatic carbocycles. The van der Waals surface area contributed by atoms with Gasteiger partial charge in [0, 0.05) is 29.6 Å². The zero-order valence-corrected chi connectivity index (χ0v) is 12.9. The molecule has 2 rings (SSSR count). The third-order valence-electron chi connectivity index (χ3n) is 3.76. The molecule has 1 saturated heterocycles. The first-order valence-corrected chi connectivity index (χ1v) is 7.75. The van der Waals surface area contributed by atoms with Crippen LogP contribution < -0.4 is 4.74 Å². The molecule has 106 valence electrons. The van der Waals surface area contributed by atoms with Crippen molar-refractivity contribution in [3.63, 3.8) is 0 Å². The second kappa shape index (κ2) is 7.37. The third kappa shape index (κ3) is 4.27. The third-order valence-corrected chi connectivity index (χ3v) is 4.21. The van der Waals surface area contributed by atoms with Crippen molar-refractivity contribution >= 4 is 23.2 Å². The van der Waals surface area contributed by atoms with Crippen LogP contribution in [0.1, 0.15) is 24.8 Å². The van der Waals surface area contributed by atoms with E-state index in [-0.39, 0.29) is 0 Å². The van der Waals surface area contributed by atoms with E-state index in [2.05, 4.69) is 4.90 Å². The molecule has 0 saturated carbocycles. The highest BCUT2D eigenvalue weighted by Gasteiger charge is 2.20. The first-order chi connectivity index (χ1) is 9.22. The van der Waals surface area contributed by atoms with Crippen LogP contribution in [0.5, 0.6) is 5.75 Å². The Morgan fingerprint density at radius 1 is 1.42 bits per heavy atom. The lowest BCUT2D eigenvalue weighted by molar-refractivity contribution is 0.164. The second-order valence-electron chi connectivity index (χ2n) is 5.18. The van der Waals surface area contributed by atoms with Gasteiger partial charge in [0.1, 0.15) is 5.75 Å². The lowest BCUT2D eigenvalue weighted by atomic mass is 9.95. The fourth-order valence-electron chi connectivity index (χ4n) is 2.80. The molecular formula is C15H21Cl2NO. The van der Waals surface area contributed by atoms with E-state index in [4.69, 9.17) is 27.9 Å². The first kappa shape index (κ1) is 15.0. The predicted molar refractivity (Wildman–Crippen MR) is 81.3 cm³/mol. The van der Waals surface area contributed by atoms with Gasteiger partial charge in [-0.2, -0.15) is 0 Å². The summed E-state index contributed by atoms with van der Waals surface area (Å²) in [7, 11) is 1.71. The number of likely N-dealkylation sites (tertiary alicyclic amines) is 1. The van der Waals surface area contributed by atoms with Gasteiger partial charge in [-0.1, -0.05) is 11.6 Å². The first-order valence-electron chi connectivity index (χ1n) is 6.83. The molecule has 1 aliphatic heterocycles. The van der Waals surface area contributed by atoms with Crippen molar-refractivity contribution in [2.75, 3.05) is 26.1 Å². The van der Waals surface area contributed by atoms with Gasteiger partial charge in [-0.15, -0.1) is 11.6 Å². The van der Waals surface area contributed by atoms with Crippen LogP contribution in [0, 0.1) is 5.92 Å². The molecule has 0 amide bonds. The fourth-order valence-corrected chi connectivity index (χ4v) is 3.30. The highest BCUT2D eigenvalue weighted by molar-refractivity contribution is 6.30. The molecular weight excluding hydrogens is 281 g/mol. The van der Waals surface area contributed by atoms with Crippen LogP contribution in [-0.4, -0.2) is 31.0 Å². The number of methoxy groups -OCH3 is 1. The van der Waals surface area contributed by atoms with Gasteiger partial charge in [-0.05, 0) is 49.9 Å². The molecule has 1 aromatic rings. The van der Waals surface area contributed by atoms with Gasteiger partial charge in [0.15, 0.2) is 0 Å². The van der Waals surface area contributed by atoms with E-state index < -0.39 is 0 Å². The fraction of sp³-hybridized carbons (Fsp3) is 0.600. The molecule has 2 nitrogen and oxygen atoms in total. The van der Waals surface area contributed by atoms with Crippen molar-refractivity contribution in [1.82, 2.24) is 4.90 Å². The summed E-state index contributed by atoms with van der Waals surface area (Å²) in [6, 6.07) is 5.82. The van der Waals surface area contributed by atoms with Gasteiger partial charge in [-0.3, -0.25) is 4.90 Å². The van der Waals surface area contributed by atoms with Gasteiger partial charge in [0.05, 0.1) is 7.11 Å². The van der Waals surface area contributed by atoms with Crippen LogP contribution in [0.4, 0.5) is 0 Å². The maximum atomic E-state index is 6.08. The number of nitrogens with zero attached hydrogens (tertiary/aromatic N) is 1. The molecule has 0 radical (unpaired) electrons. The van der Waals surface area contributed by atoms with Crippen molar-refractivity contribution in [3.05, 3.63) is 28.8 Å². The number of ether oxygens (including phenoxy) is 1. The van der Waals surface area contributed by atoms with Crippen LogP contribution in [-0.2, 0) is 6.54 Å². The second-order valence-corrected chi connectivity index (χ2v) is 5.99. The van der Waals surface area contributed by atoms with Crippen LogP contribution in [0.3, 0.4) is 0 Å². The maximum Gasteiger partial charge on any atom is 0.123 e. The molecule has 19 heavy (non-hydrogen) atoms. The lowest BCUT2D eigenvalue weighted by Gasteiger charge is -2.32. The predicted octanol–water partition coefficient (Wildman–Crippen LogP) is 4.19. The Morgan fingerprint density at radius 2 is 2.26 bits per heavy atom. The molecule has 1 heterocycles. The normalized spacial score (nSPS) is 20.5. The van der Waals surface area contributed by atoms with Gasteiger partial charge in [0.25, 0.3) is 0 Å². The zero-order valence-electron chi connectivity index (χ0n) is 11.4. The van der Waals surface area contributed by atoms with E-state index in [9.17, 15) is 0 Å². The SMILES string of the molecule is COc1ccc(Cl)cc1CN1CCCC(CCCl)C1. The van der Waals surface area contributed by atoms with Crippen LogP contribution >= 0.6 is 23.2 Å². The van der Waals surface area contributed by atoms with Gasteiger partial charge >= 0.3 is 0 Å². The van der Waals surface area contributed by atoms with Gasteiger partial charge in [0.2, 0.25) is 0 Å². The molecule has 1 aromatic carbocycles. The molecule has 1 atom stereocenters. The minimum atomic E-state index is 0.733. The number of hydrogen-bond acceptors (Lipinski definition) is 2. The van der Waals surface area contributed by atoms with Crippen molar-refractivity contribution in [2.45, 2.75) is 25.8 Å². The summed E-state index contributed by atoms with van der Waals surface area (Å²) in [6.45, 7) is 3.18. The van der Waals surface area contributed by atoms with Crippen molar-refractivity contribution < 1.29 is 4.74 Å². The molecule has 1 fully saturated rings. The van der Waals surface area contributed by atoms with Crippen LogP contribution in [0.25, 0.3) is 0 Å². The number of alkyl halides is 1. The summed E-state index contributed by atoms with van der Waals surface area (Å²) in [5.41, 5.74) is 1.17. The summed E-state index contributed by atoms with van der Waals surface area (Å²) in [5, 5.41) is 0.769. The Kier molecular flexibility index (Phi) is 5.80. The Balaban J connectivity index is 2.01. The molecule has 0 bridgehead atoms. The average molecular weight is 302 g/mol. The number of hydrogen-bond donors (Lipinski definition) is 0. The Morgan fingerprint density at radius 3 is 3.00 bits per heavy atom. The van der Waals surface area contributed by atoms with Gasteiger partial charge < -0.3 is 4.74 Å². The summed E-state index contributed by atoms with van der Waals surface area (Å²) in [4.78, 5) is 2.48. The summed E-state index contributed by atoms with van der Waals surface area (Å²) >= 11 is 11.9. The van der Waals surface area contributed by atoms with Crippen LogP contribution in [0.15, 0.2) is 18.2 Å². The zero-order chi connectivity index (χ0) is 13.7. The van der Waals surface area contributed by atoms with E-state index in [1.165, 1.54) is 18.4 Å². The van der Waals surface area contributed by atoms with E-state index >= 15 is 0 Å². The number of benzene rings is 1. The standard InChI is InChI=1S/C15H21Cl2NO/c1-19-15-5-4-14(17)9-13(15)11-18-8-2-3-12(10-18)6-7-16/h4-5,9,12H,2-3,6-8,10-11H2,1H3. The molecule has 0 spiro atoms. The molecule has 0 aromatic heterocycles. The van der Waals surface area contributed by atoms with E-state index in [0.29, 0.717) is 0 Å². The minimum absolute atomic E-state index is 0.733. The summed E-state index contributed by atoms with van der Waals surface area (Å²) in [5.74, 6) is 2.42. The molecule has 0 N–H and O–H groups in total. The Hall–Kier alpha value is -0.440. The van der Waals surface area contributed by atoms with E-state index in [1.54, 1.807) is 7.11 Å². The monoisotopic (exact) mass is 301 g/mol. The number of halogens is 2. The largest absolute Gasteiger partial charge is 0.496 e. The smallest absolute Gasteiger partial charge is 0.123 e. The highest BCUT2D eigenvalue weighted by Crippen LogP contribution is 2.27. The number of rotatable bonds is 5. The molecule has 1 aliphatic rings. The lowest BCUT2D eigenvalue weighted by Crippen LogP contribution is -2.35. The summed E-state index contributed by atoms with van der Waals surface area (Å²) in [6.07, 6.45) is 3.67. The topological polar surface area (TPSA) is 12.5 Å². The van der Waals surface area contributed by atoms with E-state index in [1.807, 2.05) is 18.2 Å². The van der Waals surface area contributed by atoms with E-state index in [0.717, 1.165) is 48.6 Å². The average Bonchev–Trinajstić information content (AvgIpc) is 2.40. The quantitative estimate of drug-likeness (QED) is 0.756. The Bertz CT molecular complexity index is 409. The minimum Gasteiger partial charge on any atom is -0.496 e.